The first-order valence-electron chi connectivity index (χ1n) is 8.09. The lowest BCUT2D eigenvalue weighted by molar-refractivity contribution is -0.146. The number of benzene rings is 1. The van der Waals surface area contributed by atoms with Crippen molar-refractivity contribution in [3.63, 3.8) is 0 Å². The lowest BCUT2D eigenvalue weighted by Crippen LogP contribution is -2.43. The van der Waals surface area contributed by atoms with E-state index in [1.807, 2.05) is 45.0 Å². The predicted molar refractivity (Wildman–Crippen MR) is 91.5 cm³/mol. The van der Waals surface area contributed by atoms with Gasteiger partial charge in [-0.2, -0.15) is 0 Å². The van der Waals surface area contributed by atoms with Crippen molar-refractivity contribution in [1.29, 1.82) is 0 Å². The second-order valence-electron chi connectivity index (χ2n) is 6.04. The van der Waals surface area contributed by atoms with Gasteiger partial charge in [-0.3, -0.25) is 14.4 Å². The average Bonchev–Trinajstić information content (AvgIpc) is 2.51. The van der Waals surface area contributed by atoms with Crippen LogP contribution in [0.3, 0.4) is 0 Å². The van der Waals surface area contributed by atoms with Gasteiger partial charge in [-0.05, 0) is 25.8 Å². The summed E-state index contributed by atoms with van der Waals surface area (Å²) in [5, 5.41) is 11.8. The van der Waals surface area contributed by atoms with Crippen LogP contribution in [0.15, 0.2) is 24.3 Å². The number of hydrogen-bond donors (Lipinski definition) is 2. The van der Waals surface area contributed by atoms with E-state index in [-0.39, 0.29) is 30.8 Å². The molecule has 0 aliphatic heterocycles. The standard InChI is InChI=1S/C18H26N2O4/c1-5-13(3)20(11-18(23)24)17(22)10-16(19-14(4)21)15-8-6-12(2)7-9-15/h6-9,13,16H,5,10-11H2,1-4H3,(H,19,21)(H,23,24). The molecule has 1 rings (SSSR count). The van der Waals surface area contributed by atoms with Crippen molar-refractivity contribution in [1.82, 2.24) is 10.2 Å². The van der Waals surface area contributed by atoms with E-state index in [0.717, 1.165) is 11.1 Å². The van der Waals surface area contributed by atoms with E-state index in [1.165, 1.54) is 11.8 Å². The zero-order valence-electron chi connectivity index (χ0n) is 14.7. The van der Waals surface area contributed by atoms with Gasteiger partial charge in [-0.15, -0.1) is 0 Å². The number of carboxylic acid groups (broad SMARTS) is 1. The molecule has 6 heteroatoms. The normalized spacial score (nSPS) is 13.0. The summed E-state index contributed by atoms with van der Waals surface area (Å²) >= 11 is 0. The minimum atomic E-state index is -1.05. The molecular weight excluding hydrogens is 308 g/mol. The molecule has 0 aliphatic carbocycles. The van der Waals surface area contributed by atoms with E-state index in [1.54, 1.807) is 0 Å². The van der Waals surface area contributed by atoms with Gasteiger partial charge in [0.05, 0.1) is 12.5 Å². The number of hydrogen-bond acceptors (Lipinski definition) is 3. The summed E-state index contributed by atoms with van der Waals surface area (Å²) in [4.78, 5) is 36.5. The van der Waals surface area contributed by atoms with Crippen molar-refractivity contribution in [2.45, 2.75) is 52.6 Å². The molecule has 2 amide bonds. The second-order valence-corrected chi connectivity index (χ2v) is 6.04. The van der Waals surface area contributed by atoms with Crippen molar-refractivity contribution in [3.8, 4) is 0 Å². The van der Waals surface area contributed by atoms with Crippen LogP contribution in [0.2, 0.25) is 0 Å². The fourth-order valence-electron chi connectivity index (χ4n) is 2.44. The molecular formula is C18H26N2O4. The molecule has 2 unspecified atom stereocenters. The van der Waals surface area contributed by atoms with Crippen LogP contribution in [0, 0.1) is 6.92 Å². The molecule has 0 spiro atoms. The Morgan fingerprint density at radius 2 is 1.79 bits per heavy atom. The monoisotopic (exact) mass is 334 g/mol. The number of nitrogens with one attached hydrogen (secondary N) is 1. The third-order valence-electron chi connectivity index (χ3n) is 3.98. The van der Waals surface area contributed by atoms with Crippen LogP contribution in [0.5, 0.6) is 0 Å². The van der Waals surface area contributed by atoms with Gasteiger partial charge in [0.15, 0.2) is 0 Å². The first kappa shape index (κ1) is 19.7. The van der Waals surface area contributed by atoms with Gasteiger partial charge in [0, 0.05) is 13.0 Å². The van der Waals surface area contributed by atoms with Crippen LogP contribution in [0.25, 0.3) is 0 Å². The van der Waals surface area contributed by atoms with Gasteiger partial charge in [-0.1, -0.05) is 36.8 Å². The summed E-state index contributed by atoms with van der Waals surface area (Å²) in [7, 11) is 0. The number of amides is 2. The number of aliphatic carboxylic acids is 1. The molecule has 0 fully saturated rings. The van der Waals surface area contributed by atoms with Crippen LogP contribution < -0.4 is 5.32 Å². The molecule has 1 aromatic carbocycles. The fraction of sp³-hybridized carbons (Fsp3) is 0.500. The Morgan fingerprint density at radius 3 is 2.25 bits per heavy atom. The highest BCUT2D eigenvalue weighted by atomic mass is 16.4. The summed E-state index contributed by atoms with van der Waals surface area (Å²) in [6.45, 7) is 6.74. The summed E-state index contributed by atoms with van der Waals surface area (Å²) in [6.07, 6.45) is 0.689. The molecule has 0 aromatic heterocycles. The van der Waals surface area contributed by atoms with Crippen molar-refractivity contribution in [2.24, 2.45) is 0 Å². The van der Waals surface area contributed by atoms with E-state index in [4.69, 9.17) is 5.11 Å². The van der Waals surface area contributed by atoms with E-state index >= 15 is 0 Å². The van der Waals surface area contributed by atoms with Crippen molar-refractivity contribution >= 4 is 17.8 Å². The Morgan fingerprint density at radius 1 is 1.21 bits per heavy atom. The lowest BCUT2D eigenvalue weighted by Gasteiger charge is -2.29. The number of carbonyl (C=O) groups excluding carboxylic acids is 2. The Kier molecular flexibility index (Phi) is 7.42. The maximum absolute atomic E-state index is 12.6. The Balaban J connectivity index is 2.98. The van der Waals surface area contributed by atoms with Gasteiger partial charge in [-0.25, -0.2) is 0 Å². The fourth-order valence-corrected chi connectivity index (χ4v) is 2.44. The molecule has 0 saturated heterocycles. The van der Waals surface area contributed by atoms with E-state index in [0.29, 0.717) is 6.42 Å². The molecule has 132 valence electrons. The van der Waals surface area contributed by atoms with Crippen LogP contribution in [0.4, 0.5) is 0 Å². The highest BCUT2D eigenvalue weighted by Crippen LogP contribution is 2.20. The number of rotatable bonds is 8. The second kappa shape index (κ2) is 9.05. The largest absolute Gasteiger partial charge is 0.480 e. The first-order valence-corrected chi connectivity index (χ1v) is 8.09. The quantitative estimate of drug-likeness (QED) is 0.763. The third kappa shape index (κ3) is 6.02. The van der Waals surface area contributed by atoms with Crippen molar-refractivity contribution in [2.75, 3.05) is 6.54 Å². The number of carbonyl (C=O) groups is 3. The molecule has 1 aromatic rings. The summed E-state index contributed by atoms with van der Waals surface area (Å²) in [5.41, 5.74) is 1.90. The summed E-state index contributed by atoms with van der Waals surface area (Å²) in [5.74, 6) is -1.57. The lowest BCUT2D eigenvalue weighted by atomic mass is 10.0. The maximum atomic E-state index is 12.6. The van der Waals surface area contributed by atoms with Crippen LogP contribution >= 0.6 is 0 Å². The van der Waals surface area contributed by atoms with E-state index in [2.05, 4.69) is 5.32 Å². The van der Waals surface area contributed by atoms with Crippen molar-refractivity contribution < 1.29 is 19.5 Å². The van der Waals surface area contributed by atoms with E-state index in [9.17, 15) is 14.4 Å². The van der Waals surface area contributed by atoms with Gasteiger partial charge in [0.1, 0.15) is 6.54 Å². The number of aryl methyl sites for hydroxylation is 1. The highest BCUT2D eigenvalue weighted by molar-refractivity contribution is 5.83. The molecule has 6 nitrogen and oxygen atoms in total. The van der Waals surface area contributed by atoms with E-state index < -0.39 is 12.0 Å². The Hall–Kier alpha value is -2.37. The van der Waals surface area contributed by atoms with Crippen LogP contribution in [-0.4, -0.2) is 40.4 Å². The van der Waals surface area contributed by atoms with Crippen LogP contribution in [0.1, 0.15) is 50.8 Å². The van der Waals surface area contributed by atoms with Crippen molar-refractivity contribution in [3.05, 3.63) is 35.4 Å². The van der Waals surface area contributed by atoms with Gasteiger partial charge in [0.25, 0.3) is 0 Å². The predicted octanol–water partition coefficient (Wildman–Crippen LogP) is 2.27. The zero-order valence-corrected chi connectivity index (χ0v) is 14.7. The zero-order chi connectivity index (χ0) is 18.3. The molecule has 0 saturated carbocycles. The molecule has 24 heavy (non-hydrogen) atoms. The highest BCUT2D eigenvalue weighted by Gasteiger charge is 2.25. The number of nitrogens with zero attached hydrogens (tertiary/aromatic N) is 1. The molecule has 0 bridgehead atoms. The molecule has 2 N–H and O–H groups in total. The van der Waals surface area contributed by atoms with Gasteiger partial charge >= 0.3 is 5.97 Å². The number of carboxylic acids is 1. The molecule has 0 aliphatic rings. The topological polar surface area (TPSA) is 86.7 Å². The smallest absolute Gasteiger partial charge is 0.323 e. The third-order valence-corrected chi connectivity index (χ3v) is 3.98. The summed E-state index contributed by atoms with van der Waals surface area (Å²) in [6, 6.07) is 6.92. The first-order chi connectivity index (χ1) is 11.2. The Bertz CT molecular complexity index is 583. The van der Waals surface area contributed by atoms with Crippen LogP contribution in [-0.2, 0) is 14.4 Å². The summed E-state index contributed by atoms with van der Waals surface area (Å²) < 4.78 is 0. The molecule has 0 heterocycles. The minimum Gasteiger partial charge on any atom is -0.480 e. The van der Waals surface area contributed by atoms with Gasteiger partial charge in [0.2, 0.25) is 11.8 Å². The molecule has 0 radical (unpaired) electrons. The van der Waals surface area contributed by atoms with Gasteiger partial charge < -0.3 is 15.3 Å². The Labute approximate surface area is 142 Å². The minimum absolute atomic E-state index is 0.0280. The SMILES string of the molecule is CCC(C)N(CC(=O)O)C(=O)CC(NC(C)=O)c1ccc(C)cc1. The maximum Gasteiger partial charge on any atom is 0.323 e. The average molecular weight is 334 g/mol. The molecule has 2 atom stereocenters.